The van der Waals surface area contributed by atoms with Crippen LogP contribution >= 0.6 is 0 Å². The molecular weight excluding hydrogens is 106 g/mol. The van der Waals surface area contributed by atoms with Crippen LogP contribution in [0.3, 0.4) is 0 Å². The topological polar surface area (TPSA) is 73.8 Å². The number of carboxylic acids is 1. The lowest BCUT2D eigenvalue weighted by molar-refractivity contribution is -0.137. The highest BCUT2D eigenvalue weighted by molar-refractivity contribution is 5.66. The summed E-state index contributed by atoms with van der Waals surface area (Å²) in [6, 6.07) is 0. The lowest BCUT2D eigenvalue weighted by atomic mass is 10.1. The van der Waals surface area contributed by atoms with Crippen molar-refractivity contribution in [2.45, 2.75) is 20.3 Å². The number of quaternary nitrogens is 1. The number of aliphatic carboxylic acids is 1. The first-order chi connectivity index (χ1) is 3.13. The molecular formula is C5H14NO2+. The predicted octanol–water partition coefficient (Wildman–Crippen LogP) is 1.49. The minimum absolute atomic E-state index is 0. The Bertz CT molecular complexity index is 70.8. The van der Waals surface area contributed by atoms with Crippen molar-refractivity contribution < 1.29 is 9.90 Å². The summed E-state index contributed by atoms with van der Waals surface area (Å²) in [5, 5.41) is 8.08. The highest BCUT2D eigenvalue weighted by Gasteiger charge is 1.98. The maximum absolute atomic E-state index is 9.81. The fourth-order valence-electron chi connectivity index (χ4n) is 0.349. The Morgan fingerprint density at radius 1 is 1.62 bits per heavy atom. The van der Waals surface area contributed by atoms with E-state index >= 15 is 0 Å². The Morgan fingerprint density at radius 2 is 2.00 bits per heavy atom. The molecule has 0 aromatic rings. The molecule has 0 aliphatic rings. The molecule has 0 amide bonds. The molecule has 3 heteroatoms. The fraction of sp³-hybridized carbons (Fsp3) is 0.800. The molecule has 0 aliphatic carbocycles. The van der Waals surface area contributed by atoms with Crippen molar-refractivity contribution in [3.8, 4) is 0 Å². The predicted molar refractivity (Wildman–Crippen MR) is 33.1 cm³/mol. The molecule has 0 aromatic heterocycles. The zero-order chi connectivity index (χ0) is 5.86. The number of carboxylic acid groups (broad SMARTS) is 1. The van der Waals surface area contributed by atoms with E-state index in [0.717, 1.165) is 0 Å². The van der Waals surface area contributed by atoms with Crippen molar-refractivity contribution in [1.82, 2.24) is 6.15 Å². The smallest absolute Gasteiger partial charge is 0.303 e. The standard InChI is InChI=1S/C5H10O2.H3N/c1-4(2)3-5(6)7;/h4H,3H2,1-2H3,(H,6,7);1H3/p+1. The van der Waals surface area contributed by atoms with Gasteiger partial charge in [-0.25, -0.2) is 0 Å². The van der Waals surface area contributed by atoms with Gasteiger partial charge in [0, 0.05) is 6.42 Å². The highest BCUT2D eigenvalue weighted by atomic mass is 16.4. The van der Waals surface area contributed by atoms with Gasteiger partial charge in [0.25, 0.3) is 0 Å². The largest absolute Gasteiger partial charge is 0.481 e. The van der Waals surface area contributed by atoms with Gasteiger partial charge in [-0.15, -0.1) is 0 Å². The van der Waals surface area contributed by atoms with Gasteiger partial charge in [-0.3, -0.25) is 4.79 Å². The van der Waals surface area contributed by atoms with Gasteiger partial charge in [0.1, 0.15) is 0 Å². The van der Waals surface area contributed by atoms with Crippen LogP contribution in [-0.2, 0) is 4.79 Å². The van der Waals surface area contributed by atoms with E-state index < -0.39 is 5.97 Å². The van der Waals surface area contributed by atoms with E-state index in [1.807, 2.05) is 13.8 Å². The second-order valence-electron chi connectivity index (χ2n) is 1.99. The molecule has 0 unspecified atom stereocenters. The van der Waals surface area contributed by atoms with Crippen LogP contribution in [0.1, 0.15) is 20.3 Å². The third kappa shape index (κ3) is 9.06. The van der Waals surface area contributed by atoms with Crippen LogP contribution in [0.4, 0.5) is 0 Å². The quantitative estimate of drug-likeness (QED) is 0.579. The molecule has 0 bridgehead atoms. The van der Waals surface area contributed by atoms with Crippen LogP contribution in [0.2, 0.25) is 0 Å². The molecule has 0 aromatic carbocycles. The first-order valence-corrected chi connectivity index (χ1v) is 2.34. The van der Waals surface area contributed by atoms with E-state index in [2.05, 4.69) is 0 Å². The normalized spacial score (nSPS) is 8.38. The van der Waals surface area contributed by atoms with Gasteiger partial charge in [0.2, 0.25) is 0 Å². The van der Waals surface area contributed by atoms with Crippen molar-refractivity contribution in [2.24, 2.45) is 5.92 Å². The summed E-state index contributed by atoms with van der Waals surface area (Å²) < 4.78 is 0. The molecule has 0 heterocycles. The lowest BCUT2D eigenvalue weighted by Crippen LogP contribution is -1.99. The summed E-state index contributed by atoms with van der Waals surface area (Å²) in [6.45, 7) is 3.77. The first-order valence-electron chi connectivity index (χ1n) is 2.34. The van der Waals surface area contributed by atoms with Crippen LogP contribution in [-0.4, -0.2) is 11.1 Å². The first kappa shape index (κ1) is 10.4. The zero-order valence-corrected chi connectivity index (χ0v) is 5.64. The number of hydrogen-bond donors (Lipinski definition) is 2. The zero-order valence-electron chi connectivity index (χ0n) is 5.64. The van der Waals surface area contributed by atoms with Crippen LogP contribution in [0.5, 0.6) is 0 Å². The minimum atomic E-state index is -0.713. The highest BCUT2D eigenvalue weighted by Crippen LogP contribution is 1.96. The van der Waals surface area contributed by atoms with Gasteiger partial charge in [-0.05, 0) is 5.92 Å². The Kier molecular flexibility index (Phi) is 5.97. The molecule has 8 heavy (non-hydrogen) atoms. The molecule has 0 aliphatic heterocycles. The van der Waals surface area contributed by atoms with Crippen molar-refractivity contribution in [1.29, 1.82) is 0 Å². The maximum Gasteiger partial charge on any atom is 0.303 e. The molecule has 0 fully saturated rings. The van der Waals surface area contributed by atoms with Crippen molar-refractivity contribution in [3.05, 3.63) is 0 Å². The molecule has 50 valence electrons. The Morgan fingerprint density at radius 3 is 2.00 bits per heavy atom. The minimum Gasteiger partial charge on any atom is -0.481 e. The number of carbonyl (C=O) groups is 1. The third-order valence-corrected chi connectivity index (χ3v) is 0.583. The van der Waals surface area contributed by atoms with E-state index in [0.29, 0.717) is 0 Å². The number of hydrogen-bond acceptors (Lipinski definition) is 1. The van der Waals surface area contributed by atoms with E-state index in [1.165, 1.54) is 0 Å². The molecule has 0 spiro atoms. The molecule has 0 rings (SSSR count). The molecule has 0 saturated heterocycles. The van der Waals surface area contributed by atoms with Crippen LogP contribution in [0, 0.1) is 5.92 Å². The molecule has 5 N–H and O–H groups in total. The molecule has 0 saturated carbocycles. The molecule has 0 atom stereocenters. The van der Waals surface area contributed by atoms with Crippen molar-refractivity contribution in [2.75, 3.05) is 0 Å². The van der Waals surface area contributed by atoms with E-state index in [-0.39, 0.29) is 18.5 Å². The summed E-state index contributed by atoms with van der Waals surface area (Å²) in [5.74, 6) is -0.438. The van der Waals surface area contributed by atoms with Crippen molar-refractivity contribution >= 4 is 5.97 Å². The number of rotatable bonds is 2. The van der Waals surface area contributed by atoms with Gasteiger partial charge in [-0.2, -0.15) is 0 Å². The van der Waals surface area contributed by atoms with Gasteiger partial charge in [0.15, 0.2) is 0 Å². The Hall–Kier alpha value is -0.570. The van der Waals surface area contributed by atoms with Crippen molar-refractivity contribution in [3.63, 3.8) is 0 Å². The average Bonchev–Trinajstić information content (AvgIpc) is 1.27. The van der Waals surface area contributed by atoms with Gasteiger partial charge >= 0.3 is 5.97 Å². The van der Waals surface area contributed by atoms with E-state index in [4.69, 9.17) is 5.11 Å². The molecule has 0 radical (unpaired) electrons. The van der Waals surface area contributed by atoms with Gasteiger partial charge in [0.05, 0.1) is 0 Å². The second kappa shape index (κ2) is 4.59. The van der Waals surface area contributed by atoms with E-state index in [9.17, 15) is 4.79 Å². The third-order valence-electron chi connectivity index (χ3n) is 0.583. The Labute approximate surface area is 49.3 Å². The fourth-order valence-corrected chi connectivity index (χ4v) is 0.349. The van der Waals surface area contributed by atoms with E-state index in [1.54, 1.807) is 0 Å². The van der Waals surface area contributed by atoms with Gasteiger partial charge < -0.3 is 11.3 Å². The second-order valence-corrected chi connectivity index (χ2v) is 1.99. The van der Waals surface area contributed by atoms with Crippen LogP contribution in [0.25, 0.3) is 0 Å². The molecule has 3 nitrogen and oxygen atoms in total. The summed E-state index contributed by atoms with van der Waals surface area (Å²) in [7, 11) is 0. The lowest BCUT2D eigenvalue weighted by Gasteiger charge is -1.94. The summed E-state index contributed by atoms with van der Waals surface area (Å²) in [6.07, 6.45) is 0.278. The summed E-state index contributed by atoms with van der Waals surface area (Å²) in [5.41, 5.74) is 0. The van der Waals surface area contributed by atoms with Gasteiger partial charge in [-0.1, -0.05) is 13.8 Å². The van der Waals surface area contributed by atoms with Crippen LogP contribution < -0.4 is 6.15 Å². The maximum atomic E-state index is 9.81. The monoisotopic (exact) mass is 120 g/mol. The summed E-state index contributed by atoms with van der Waals surface area (Å²) in [4.78, 5) is 9.81. The average molecular weight is 120 g/mol. The SMILES string of the molecule is CC(C)CC(=O)O.[NH4+]. The summed E-state index contributed by atoms with van der Waals surface area (Å²) >= 11 is 0. The Balaban J connectivity index is 0. The van der Waals surface area contributed by atoms with Crippen LogP contribution in [0.15, 0.2) is 0 Å².